The molecule has 4 saturated carbocycles. The van der Waals surface area contributed by atoms with Gasteiger partial charge in [-0.2, -0.15) is 0 Å². The Hall–Kier alpha value is -2.81. The van der Waals surface area contributed by atoms with E-state index in [-0.39, 0.29) is 48.6 Å². The van der Waals surface area contributed by atoms with Gasteiger partial charge in [0.25, 0.3) is 0 Å². The molecular weight excluding hydrogens is 769 g/mol. The molecule has 4 aliphatic carbocycles. The molecule has 10 aliphatic rings. The fourth-order valence-electron chi connectivity index (χ4n) is 16.6. The summed E-state index contributed by atoms with van der Waals surface area (Å²) in [7, 11) is 0. The highest BCUT2D eigenvalue weighted by atomic mass is 16.7. The van der Waals surface area contributed by atoms with Crippen LogP contribution in [0.4, 0.5) is 0 Å². The smallest absolute Gasteiger partial charge is 0.339 e. The molecule has 4 N–H and O–H groups in total. The molecule has 2 spiro atoms. The van der Waals surface area contributed by atoms with E-state index in [0.717, 1.165) is 38.9 Å². The Bertz CT molecular complexity index is 1990. The van der Waals surface area contributed by atoms with Gasteiger partial charge in [0.1, 0.15) is 30.2 Å². The number of fused-ring (bicyclic) bond motifs is 3. The molecule has 60 heavy (non-hydrogen) atoms. The molecule has 9 fully saturated rings. The fraction of sp³-hybridized carbons (Fsp3) is 0.809. The Labute approximate surface area is 352 Å². The topological polar surface area (TPSA) is 181 Å². The summed E-state index contributed by atoms with van der Waals surface area (Å²) in [6.45, 7) is 11.9. The molecule has 0 amide bonds. The van der Waals surface area contributed by atoms with Gasteiger partial charge in [0, 0.05) is 40.8 Å². The van der Waals surface area contributed by atoms with Gasteiger partial charge >= 0.3 is 11.9 Å². The van der Waals surface area contributed by atoms with Crippen molar-refractivity contribution in [3.05, 3.63) is 35.9 Å². The van der Waals surface area contributed by atoms with Crippen molar-refractivity contribution < 1.29 is 53.1 Å². The molecule has 13 nitrogen and oxygen atoms in total. The van der Waals surface area contributed by atoms with E-state index in [1.807, 2.05) is 19.9 Å². The summed E-state index contributed by atoms with van der Waals surface area (Å²) >= 11 is 0. The molecule has 1 aromatic rings. The maximum Gasteiger partial charge on any atom is 0.339 e. The highest BCUT2D eigenvalue weighted by molar-refractivity contribution is 5.92. The number of carbonyl (C=O) groups excluding carboxylic acids is 3. The quantitative estimate of drug-likeness (QED) is 0.207. The molecule has 7 heterocycles. The van der Waals surface area contributed by atoms with Crippen LogP contribution in [-0.4, -0.2) is 106 Å². The molecule has 328 valence electrons. The summed E-state index contributed by atoms with van der Waals surface area (Å²) in [5.41, 5.74) is -4.54. The van der Waals surface area contributed by atoms with E-state index in [4.69, 9.17) is 23.4 Å². The molecular formula is C47H64N2O11. The minimum absolute atomic E-state index is 0.0320. The minimum atomic E-state index is -1.46. The monoisotopic (exact) mass is 832 g/mol. The Morgan fingerprint density at radius 3 is 2.63 bits per heavy atom. The summed E-state index contributed by atoms with van der Waals surface area (Å²) in [5, 5.41) is 38.2. The normalized spacial score (nSPS) is 50.4. The molecule has 19 unspecified atom stereocenters. The van der Waals surface area contributed by atoms with Gasteiger partial charge in [0.05, 0.1) is 49.2 Å². The third kappa shape index (κ3) is 4.94. The number of allylic oxidation sites excluding steroid dienone is 1. The van der Waals surface area contributed by atoms with Crippen molar-refractivity contribution in [1.82, 2.24) is 10.2 Å². The lowest BCUT2D eigenvalue weighted by Crippen LogP contribution is -2.78. The van der Waals surface area contributed by atoms with E-state index in [9.17, 15) is 24.9 Å². The van der Waals surface area contributed by atoms with Crippen LogP contribution in [0.1, 0.15) is 103 Å². The van der Waals surface area contributed by atoms with Crippen LogP contribution in [0.2, 0.25) is 0 Å². The maximum atomic E-state index is 15.3. The number of nitrogens with zero attached hydrogens (tertiary/aromatic N) is 1. The molecule has 13 heteroatoms. The average molecular weight is 833 g/mol. The molecule has 2 bridgehead atoms. The lowest BCUT2D eigenvalue weighted by Gasteiger charge is -2.68. The third-order valence-electron chi connectivity index (χ3n) is 18.9. The highest BCUT2D eigenvalue weighted by Crippen LogP contribution is 2.82. The van der Waals surface area contributed by atoms with Crippen LogP contribution in [0.15, 0.2) is 29.0 Å². The van der Waals surface area contributed by atoms with Gasteiger partial charge in [-0.3, -0.25) is 14.9 Å². The first-order valence-electron chi connectivity index (χ1n) is 23.1. The molecule has 1 aromatic heterocycles. The number of nitrogens with one attached hydrogen (secondary N) is 1. The SMILES string of the molecule is CC(C)CCC1(C)OC2C3CCC4CC5(C)C(c6ccoc6CC(C(O)CO)C6CCC7C(C=CN8CNCC78)C6)OC(=O)C6OC65C5(C)C(O)C(=O)C1C2(COC3=O)C45. The van der Waals surface area contributed by atoms with E-state index in [1.54, 1.807) is 6.26 Å². The van der Waals surface area contributed by atoms with Crippen LogP contribution < -0.4 is 5.32 Å². The number of aliphatic hydroxyl groups is 3. The van der Waals surface area contributed by atoms with E-state index in [2.05, 4.69) is 43.3 Å². The molecule has 6 aliphatic heterocycles. The third-order valence-corrected chi connectivity index (χ3v) is 18.9. The number of esters is 2. The van der Waals surface area contributed by atoms with E-state index < -0.39 is 75.8 Å². The van der Waals surface area contributed by atoms with Crippen LogP contribution in [0, 0.1) is 69.5 Å². The standard InChI is InChI=1S/C47H64N2O11/c1-23(2)10-13-44(4)36-34(52)37(53)45(5)35-26(7-9-29-39(59-44)46(35,36)21-57-41(29)54)18-43(3)38(58-42(55)40-47(43,45)60-40)28-12-15-56-33(28)17-30(32(51)20-50)24-6-8-27-25(16-24)11-14-49-22-48-19-31(27)49/h11-12,14-15,23-27,29-32,35-40,48,50-51,53H,6-10,13,16-22H2,1-5H3. The number of carbonyl (C=O) groups is 3. The second-order valence-electron chi connectivity index (χ2n) is 22.0. The van der Waals surface area contributed by atoms with Gasteiger partial charge in [-0.15, -0.1) is 0 Å². The number of furan rings is 1. The molecule has 5 saturated heterocycles. The van der Waals surface area contributed by atoms with Gasteiger partial charge in [-0.1, -0.05) is 33.8 Å². The second kappa shape index (κ2) is 13.4. The van der Waals surface area contributed by atoms with E-state index in [0.29, 0.717) is 67.2 Å². The lowest BCUT2D eigenvalue weighted by molar-refractivity contribution is -0.266. The van der Waals surface area contributed by atoms with Crippen molar-refractivity contribution in [2.75, 3.05) is 26.4 Å². The number of Topliss-reactive ketones (excluding diaryl/α,β-unsaturated/α-hetero) is 1. The van der Waals surface area contributed by atoms with Crippen molar-refractivity contribution >= 4 is 17.7 Å². The summed E-state index contributed by atoms with van der Waals surface area (Å²) < 4.78 is 32.8. The largest absolute Gasteiger partial charge is 0.469 e. The fourth-order valence-corrected chi connectivity index (χ4v) is 16.6. The summed E-state index contributed by atoms with van der Waals surface area (Å²) in [4.78, 5) is 45.7. The van der Waals surface area contributed by atoms with Crippen LogP contribution in [-0.2, 0) is 39.8 Å². The van der Waals surface area contributed by atoms with Crippen LogP contribution in [0.3, 0.4) is 0 Å². The first kappa shape index (κ1) is 40.0. The first-order chi connectivity index (χ1) is 28.6. The van der Waals surface area contributed by atoms with Gasteiger partial charge < -0.3 is 43.6 Å². The van der Waals surface area contributed by atoms with Crippen LogP contribution in [0.25, 0.3) is 0 Å². The first-order valence-corrected chi connectivity index (χ1v) is 23.1. The lowest BCUT2D eigenvalue weighted by atomic mass is 9.34. The number of cyclic esters (lactones) is 2. The number of rotatable bonds is 9. The number of ketones is 1. The zero-order valence-corrected chi connectivity index (χ0v) is 35.7. The van der Waals surface area contributed by atoms with Crippen molar-refractivity contribution in [3.63, 3.8) is 0 Å². The number of epoxide rings is 1. The molecule has 0 aromatic carbocycles. The summed E-state index contributed by atoms with van der Waals surface area (Å²) in [6, 6.07) is 2.34. The van der Waals surface area contributed by atoms with Gasteiger partial charge in [-0.25, -0.2) is 4.79 Å². The highest BCUT2D eigenvalue weighted by Gasteiger charge is 2.92. The predicted octanol–water partition coefficient (Wildman–Crippen LogP) is 4.07. The maximum absolute atomic E-state index is 15.3. The van der Waals surface area contributed by atoms with Gasteiger partial charge in [-0.05, 0) is 112 Å². The van der Waals surface area contributed by atoms with Crippen molar-refractivity contribution in [2.45, 2.75) is 140 Å². The molecule has 11 rings (SSSR count). The average Bonchev–Trinajstić information content (AvgIpc) is 3.47. The zero-order valence-electron chi connectivity index (χ0n) is 35.7. The van der Waals surface area contributed by atoms with Gasteiger partial charge in [0.15, 0.2) is 11.9 Å². The summed E-state index contributed by atoms with van der Waals surface area (Å²) in [6.07, 6.45) is 7.75. The number of aliphatic hydroxyl groups excluding tert-OH is 3. The van der Waals surface area contributed by atoms with E-state index in [1.165, 1.54) is 0 Å². The van der Waals surface area contributed by atoms with Crippen molar-refractivity contribution in [3.8, 4) is 0 Å². The Balaban J connectivity index is 0.968. The Kier molecular flexibility index (Phi) is 8.91. The number of ether oxygens (including phenoxy) is 4. The van der Waals surface area contributed by atoms with Gasteiger partial charge in [0.2, 0.25) is 0 Å². The number of hydrogen-bond donors (Lipinski definition) is 4. The van der Waals surface area contributed by atoms with Crippen molar-refractivity contribution in [2.24, 2.45) is 69.5 Å². The minimum Gasteiger partial charge on any atom is -0.469 e. The second-order valence-corrected chi connectivity index (χ2v) is 22.0. The number of hydrogen-bond acceptors (Lipinski definition) is 13. The van der Waals surface area contributed by atoms with E-state index >= 15 is 4.79 Å². The molecule has 19 atom stereocenters. The molecule has 0 radical (unpaired) electrons. The Morgan fingerprint density at radius 2 is 1.85 bits per heavy atom. The van der Waals surface area contributed by atoms with Crippen LogP contribution in [0.5, 0.6) is 0 Å². The Morgan fingerprint density at radius 1 is 1.03 bits per heavy atom. The predicted molar refractivity (Wildman–Crippen MR) is 213 cm³/mol. The summed E-state index contributed by atoms with van der Waals surface area (Å²) in [5.74, 6) is -1.07. The van der Waals surface area contributed by atoms with Crippen molar-refractivity contribution in [1.29, 1.82) is 0 Å². The van der Waals surface area contributed by atoms with Crippen LogP contribution >= 0.6 is 0 Å². The zero-order chi connectivity index (χ0) is 41.9.